The second-order valence-electron chi connectivity index (χ2n) is 5.93. The monoisotopic (exact) mass is 502 g/mol. The molecule has 0 radical (unpaired) electrons. The highest BCUT2D eigenvalue weighted by molar-refractivity contribution is 14.0. The molecule has 6 nitrogen and oxygen atoms in total. The summed E-state index contributed by atoms with van der Waals surface area (Å²) in [5.74, 6) is 1.85. The van der Waals surface area contributed by atoms with Crippen molar-refractivity contribution >= 4 is 47.1 Å². The number of pyridine rings is 1. The number of hydrogen-bond acceptors (Lipinski definition) is 5. The molecule has 2 rings (SSSR count). The van der Waals surface area contributed by atoms with Crippen LogP contribution in [0.5, 0.6) is 0 Å². The zero-order valence-electron chi connectivity index (χ0n) is 16.7. The van der Waals surface area contributed by atoms with Crippen molar-refractivity contribution in [1.82, 2.24) is 20.6 Å². The predicted molar refractivity (Wildman–Crippen MR) is 127 cm³/mol. The van der Waals surface area contributed by atoms with Crippen molar-refractivity contribution < 1.29 is 0 Å². The fraction of sp³-hybridized carbons (Fsp3) is 0.526. The molecule has 0 saturated heterocycles. The van der Waals surface area contributed by atoms with E-state index in [4.69, 9.17) is 0 Å². The minimum Gasteiger partial charge on any atom is -0.357 e. The van der Waals surface area contributed by atoms with Crippen LogP contribution in [0.15, 0.2) is 29.5 Å². The van der Waals surface area contributed by atoms with Gasteiger partial charge in [0.15, 0.2) is 5.96 Å². The highest BCUT2D eigenvalue weighted by atomic mass is 127. The molecule has 8 heteroatoms. The van der Waals surface area contributed by atoms with E-state index in [9.17, 15) is 0 Å². The van der Waals surface area contributed by atoms with Crippen molar-refractivity contribution in [3.8, 4) is 0 Å². The Kier molecular flexibility index (Phi) is 11.3. The summed E-state index contributed by atoms with van der Waals surface area (Å²) < 4.78 is 0. The predicted octanol–water partition coefficient (Wildman–Crippen LogP) is 3.61. The van der Waals surface area contributed by atoms with E-state index in [2.05, 4.69) is 70.3 Å². The Morgan fingerprint density at radius 1 is 1.11 bits per heavy atom. The molecule has 0 aliphatic carbocycles. The van der Waals surface area contributed by atoms with Crippen LogP contribution in [-0.4, -0.2) is 42.1 Å². The number of anilines is 1. The summed E-state index contributed by atoms with van der Waals surface area (Å²) in [6.07, 6.45) is 4.75. The van der Waals surface area contributed by atoms with Crippen LogP contribution in [0.1, 0.15) is 36.2 Å². The van der Waals surface area contributed by atoms with E-state index < -0.39 is 0 Å². The van der Waals surface area contributed by atoms with Gasteiger partial charge in [-0.05, 0) is 39.3 Å². The highest BCUT2D eigenvalue weighted by Gasteiger charge is 2.04. The van der Waals surface area contributed by atoms with E-state index in [1.807, 2.05) is 12.4 Å². The first-order valence-electron chi connectivity index (χ1n) is 9.29. The van der Waals surface area contributed by atoms with Crippen LogP contribution in [0, 0.1) is 6.92 Å². The van der Waals surface area contributed by atoms with E-state index in [0.29, 0.717) is 6.54 Å². The summed E-state index contributed by atoms with van der Waals surface area (Å²) in [4.78, 5) is 17.1. The largest absolute Gasteiger partial charge is 0.357 e. The van der Waals surface area contributed by atoms with Gasteiger partial charge in [-0.15, -0.1) is 35.3 Å². The second kappa shape index (κ2) is 12.9. The Morgan fingerprint density at radius 3 is 2.44 bits per heavy atom. The summed E-state index contributed by atoms with van der Waals surface area (Å²) >= 11 is 1.75. The van der Waals surface area contributed by atoms with Crippen LogP contribution in [0.3, 0.4) is 0 Å². The molecular weight excluding hydrogens is 471 g/mol. The third-order valence-corrected chi connectivity index (χ3v) is 4.93. The van der Waals surface area contributed by atoms with Gasteiger partial charge in [-0.1, -0.05) is 6.07 Å². The first-order chi connectivity index (χ1) is 12.7. The molecule has 0 aliphatic rings. The second-order valence-corrected chi connectivity index (χ2v) is 7.25. The van der Waals surface area contributed by atoms with Crippen molar-refractivity contribution in [2.24, 2.45) is 4.99 Å². The van der Waals surface area contributed by atoms with Crippen LogP contribution >= 0.6 is 35.3 Å². The van der Waals surface area contributed by atoms with Crippen molar-refractivity contribution in [2.75, 3.05) is 31.1 Å². The molecule has 2 aromatic heterocycles. The molecule has 2 N–H and O–H groups in total. The zero-order chi connectivity index (χ0) is 18.8. The molecule has 0 bridgehead atoms. The average Bonchev–Trinajstić information content (AvgIpc) is 3.07. The van der Waals surface area contributed by atoms with Gasteiger partial charge in [0.25, 0.3) is 0 Å². The maximum absolute atomic E-state index is 4.66. The van der Waals surface area contributed by atoms with E-state index in [0.717, 1.165) is 54.9 Å². The van der Waals surface area contributed by atoms with E-state index >= 15 is 0 Å². The van der Waals surface area contributed by atoms with Crippen molar-refractivity contribution in [2.45, 2.75) is 40.7 Å². The Morgan fingerprint density at radius 2 is 1.89 bits per heavy atom. The summed E-state index contributed by atoms with van der Waals surface area (Å²) in [6, 6.07) is 4.18. The third kappa shape index (κ3) is 8.00. The van der Waals surface area contributed by atoms with Crippen LogP contribution in [0.25, 0.3) is 0 Å². The Labute approximate surface area is 183 Å². The first kappa shape index (κ1) is 23.6. The SMILES string of the molecule is CCNC(=NCc1ccc(N(CC)CC)nc1)NCCc1ncc(C)s1.I. The van der Waals surface area contributed by atoms with Gasteiger partial charge in [0.2, 0.25) is 0 Å². The smallest absolute Gasteiger partial charge is 0.191 e. The molecule has 0 spiro atoms. The maximum Gasteiger partial charge on any atom is 0.191 e. The van der Waals surface area contributed by atoms with Gasteiger partial charge in [0.05, 0.1) is 11.6 Å². The molecule has 0 unspecified atom stereocenters. The third-order valence-electron chi connectivity index (χ3n) is 3.96. The highest BCUT2D eigenvalue weighted by Crippen LogP contribution is 2.12. The number of aliphatic imine (C=N–C) groups is 1. The maximum atomic E-state index is 4.66. The lowest BCUT2D eigenvalue weighted by Crippen LogP contribution is -2.38. The molecule has 0 fully saturated rings. The Balaban J connectivity index is 0.00000364. The molecule has 2 aromatic rings. The van der Waals surface area contributed by atoms with Crippen molar-refractivity contribution in [3.63, 3.8) is 0 Å². The Hall–Kier alpha value is -1.42. The lowest BCUT2D eigenvalue weighted by Gasteiger charge is -2.19. The van der Waals surface area contributed by atoms with Crippen molar-refractivity contribution in [1.29, 1.82) is 0 Å². The quantitative estimate of drug-likeness (QED) is 0.312. The number of aryl methyl sites for hydroxylation is 1. The van der Waals surface area contributed by atoms with Gasteiger partial charge < -0.3 is 15.5 Å². The number of nitrogens with one attached hydrogen (secondary N) is 2. The number of guanidine groups is 1. The van der Waals surface area contributed by atoms with Gasteiger partial charge in [0.1, 0.15) is 5.82 Å². The molecule has 0 atom stereocenters. The standard InChI is InChI=1S/C19H30N6S.HI/c1-5-20-19(21-11-10-18-23-12-15(4)26-18)24-14-16-8-9-17(22-13-16)25(6-2)7-3;/h8-9,12-13H,5-7,10-11,14H2,1-4H3,(H2,20,21,24);1H. The van der Waals surface area contributed by atoms with E-state index in [1.54, 1.807) is 11.3 Å². The summed E-state index contributed by atoms with van der Waals surface area (Å²) in [5.41, 5.74) is 1.11. The van der Waals surface area contributed by atoms with Crippen LogP contribution in [-0.2, 0) is 13.0 Å². The Bertz CT molecular complexity index is 682. The normalized spacial score (nSPS) is 11.0. The van der Waals surface area contributed by atoms with Gasteiger partial charge in [-0.25, -0.2) is 15.0 Å². The number of nitrogens with zero attached hydrogens (tertiary/aromatic N) is 4. The molecule has 0 aliphatic heterocycles. The molecule has 27 heavy (non-hydrogen) atoms. The number of rotatable bonds is 9. The lowest BCUT2D eigenvalue weighted by atomic mass is 10.3. The minimum absolute atomic E-state index is 0. The summed E-state index contributed by atoms with van der Waals surface area (Å²) in [7, 11) is 0. The summed E-state index contributed by atoms with van der Waals surface area (Å²) in [6.45, 7) is 12.6. The fourth-order valence-corrected chi connectivity index (χ4v) is 3.35. The van der Waals surface area contributed by atoms with Gasteiger partial charge in [-0.3, -0.25) is 0 Å². The summed E-state index contributed by atoms with van der Waals surface area (Å²) in [5, 5.41) is 7.81. The lowest BCUT2D eigenvalue weighted by molar-refractivity contribution is 0.795. The number of hydrogen-bond donors (Lipinski definition) is 2. The molecular formula is C19H31IN6S. The number of thiazole rings is 1. The van der Waals surface area contributed by atoms with Gasteiger partial charge in [0, 0.05) is 49.9 Å². The van der Waals surface area contributed by atoms with Crippen molar-refractivity contribution in [3.05, 3.63) is 40.0 Å². The molecule has 0 aromatic carbocycles. The first-order valence-corrected chi connectivity index (χ1v) is 10.1. The minimum atomic E-state index is 0. The molecule has 0 amide bonds. The fourth-order valence-electron chi connectivity index (χ4n) is 2.56. The van der Waals surface area contributed by atoms with Gasteiger partial charge >= 0.3 is 0 Å². The average molecular weight is 502 g/mol. The molecule has 150 valence electrons. The van der Waals surface area contributed by atoms with Crippen LogP contribution in [0.4, 0.5) is 5.82 Å². The topological polar surface area (TPSA) is 65.4 Å². The molecule has 2 heterocycles. The molecule has 0 saturated carbocycles. The van der Waals surface area contributed by atoms with Crippen LogP contribution in [0.2, 0.25) is 0 Å². The van der Waals surface area contributed by atoms with E-state index in [1.165, 1.54) is 4.88 Å². The number of aromatic nitrogens is 2. The van der Waals surface area contributed by atoms with Crippen LogP contribution < -0.4 is 15.5 Å². The number of halogens is 1. The van der Waals surface area contributed by atoms with E-state index in [-0.39, 0.29) is 24.0 Å². The zero-order valence-corrected chi connectivity index (χ0v) is 19.8. The van der Waals surface area contributed by atoms with Gasteiger partial charge in [-0.2, -0.15) is 0 Å².